The van der Waals surface area contributed by atoms with E-state index in [9.17, 15) is 4.79 Å². The molecule has 1 heterocycles. The van der Waals surface area contributed by atoms with E-state index in [1.54, 1.807) is 0 Å². The molecule has 3 aromatic rings. The summed E-state index contributed by atoms with van der Waals surface area (Å²) in [6.07, 6.45) is 0. The molecular formula is C20H22N6OS. The molecule has 2 aromatic carbocycles. The Morgan fingerprint density at radius 2 is 1.86 bits per heavy atom. The molecule has 0 bridgehead atoms. The van der Waals surface area contributed by atoms with Gasteiger partial charge in [-0.3, -0.25) is 4.79 Å². The second kappa shape index (κ2) is 9.18. The maximum Gasteiger partial charge on any atom is 0.234 e. The Labute approximate surface area is 168 Å². The van der Waals surface area contributed by atoms with Gasteiger partial charge in [0.2, 0.25) is 17.8 Å². The number of carbonyl (C=O) groups excluding carboxylic acids is 1. The molecule has 4 N–H and O–H groups in total. The lowest BCUT2D eigenvalue weighted by atomic mass is 10.1. The molecule has 1 amide bonds. The van der Waals surface area contributed by atoms with Gasteiger partial charge in [0, 0.05) is 11.4 Å². The van der Waals surface area contributed by atoms with E-state index < -0.39 is 0 Å². The van der Waals surface area contributed by atoms with Crippen molar-refractivity contribution in [1.29, 1.82) is 0 Å². The van der Waals surface area contributed by atoms with Crippen LogP contribution in [0.5, 0.6) is 0 Å². The number of nitrogens with two attached hydrogens (primary N) is 1. The largest absolute Gasteiger partial charge is 0.368 e. The summed E-state index contributed by atoms with van der Waals surface area (Å²) in [5.41, 5.74) is 9.68. The third-order valence-electron chi connectivity index (χ3n) is 3.85. The van der Waals surface area contributed by atoms with Crippen molar-refractivity contribution in [2.45, 2.75) is 19.6 Å². The number of rotatable bonds is 7. The third-order valence-corrected chi connectivity index (χ3v) is 4.78. The van der Waals surface area contributed by atoms with Gasteiger partial charge in [-0.2, -0.15) is 15.0 Å². The van der Waals surface area contributed by atoms with E-state index >= 15 is 0 Å². The molecule has 0 aliphatic rings. The number of amides is 1. The summed E-state index contributed by atoms with van der Waals surface area (Å²) in [6.45, 7) is 4.00. The molecule has 0 spiro atoms. The number of thioether (sulfide) groups is 1. The molecule has 0 aliphatic heterocycles. The predicted octanol–water partition coefficient (Wildman–Crippen LogP) is 3.69. The fourth-order valence-electron chi connectivity index (χ4n) is 2.58. The van der Waals surface area contributed by atoms with Crippen LogP contribution in [0.1, 0.15) is 17.0 Å². The molecule has 0 unspecified atom stereocenters. The molecule has 1 aromatic heterocycles. The fraction of sp³-hybridized carbons (Fsp3) is 0.200. The number of benzene rings is 2. The Balaban J connectivity index is 1.54. The Hall–Kier alpha value is -3.13. The lowest BCUT2D eigenvalue weighted by Gasteiger charge is -2.09. The maximum atomic E-state index is 12.2. The maximum absolute atomic E-state index is 12.2. The Morgan fingerprint density at radius 3 is 2.61 bits per heavy atom. The molecule has 0 saturated carbocycles. The number of nitrogen functional groups attached to an aromatic ring is 1. The van der Waals surface area contributed by atoms with Crippen LogP contribution >= 0.6 is 11.8 Å². The number of hydrogen-bond acceptors (Lipinski definition) is 7. The zero-order valence-electron chi connectivity index (χ0n) is 15.8. The van der Waals surface area contributed by atoms with Crippen molar-refractivity contribution < 1.29 is 4.79 Å². The third kappa shape index (κ3) is 5.68. The SMILES string of the molecule is Cc1ccc(NC(=O)CSCc2nc(N)nc(Nc3ccccc3)n2)c(C)c1. The van der Waals surface area contributed by atoms with Gasteiger partial charge in [-0.1, -0.05) is 35.9 Å². The minimum atomic E-state index is -0.0679. The average molecular weight is 395 g/mol. The molecule has 0 radical (unpaired) electrons. The first-order valence-electron chi connectivity index (χ1n) is 8.77. The molecule has 7 nitrogen and oxygen atoms in total. The van der Waals surface area contributed by atoms with Crippen LogP contribution < -0.4 is 16.4 Å². The fourth-order valence-corrected chi connectivity index (χ4v) is 3.26. The smallest absolute Gasteiger partial charge is 0.234 e. The van der Waals surface area contributed by atoms with Crippen molar-refractivity contribution in [2.24, 2.45) is 0 Å². The van der Waals surface area contributed by atoms with Crippen LogP contribution in [-0.4, -0.2) is 26.6 Å². The molecule has 0 atom stereocenters. The van der Waals surface area contributed by atoms with Crippen LogP contribution in [-0.2, 0) is 10.5 Å². The van der Waals surface area contributed by atoms with Crippen molar-refractivity contribution in [3.63, 3.8) is 0 Å². The topological polar surface area (TPSA) is 106 Å². The highest BCUT2D eigenvalue weighted by molar-refractivity contribution is 7.99. The normalized spacial score (nSPS) is 10.5. The number of carbonyl (C=O) groups is 1. The molecule has 0 saturated heterocycles. The van der Waals surface area contributed by atoms with Crippen molar-refractivity contribution in [3.05, 3.63) is 65.5 Å². The monoisotopic (exact) mass is 394 g/mol. The zero-order chi connectivity index (χ0) is 19.9. The van der Waals surface area contributed by atoms with Gasteiger partial charge >= 0.3 is 0 Å². The van der Waals surface area contributed by atoms with Crippen LogP contribution in [0.3, 0.4) is 0 Å². The lowest BCUT2D eigenvalue weighted by molar-refractivity contribution is -0.113. The average Bonchev–Trinajstić information content (AvgIpc) is 2.64. The summed E-state index contributed by atoms with van der Waals surface area (Å²) >= 11 is 1.42. The van der Waals surface area contributed by atoms with Gasteiger partial charge in [0.15, 0.2) is 0 Å². The van der Waals surface area contributed by atoms with Crippen LogP contribution in [0.15, 0.2) is 48.5 Å². The number of nitrogens with zero attached hydrogens (tertiary/aromatic N) is 3. The highest BCUT2D eigenvalue weighted by atomic mass is 32.2. The summed E-state index contributed by atoms with van der Waals surface area (Å²) in [6, 6.07) is 15.5. The Kier molecular flexibility index (Phi) is 6.44. The first-order chi connectivity index (χ1) is 13.5. The molecule has 8 heteroatoms. The molecular weight excluding hydrogens is 372 g/mol. The van der Waals surface area contributed by atoms with Crippen molar-refractivity contribution in [1.82, 2.24) is 15.0 Å². The summed E-state index contributed by atoms with van der Waals surface area (Å²) < 4.78 is 0. The Morgan fingerprint density at radius 1 is 1.07 bits per heavy atom. The van der Waals surface area contributed by atoms with Gasteiger partial charge in [0.05, 0.1) is 11.5 Å². The minimum absolute atomic E-state index is 0.0679. The quantitative estimate of drug-likeness (QED) is 0.561. The first kappa shape index (κ1) is 19.6. The lowest BCUT2D eigenvalue weighted by Crippen LogP contribution is -2.15. The van der Waals surface area contributed by atoms with Gasteiger partial charge in [-0.05, 0) is 37.6 Å². The standard InChI is InChI=1S/C20H22N6OS/c1-13-8-9-16(14(2)10-13)23-18(27)12-28-11-17-24-19(21)26-20(25-17)22-15-6-4-3-5-7-15/h3-10H,11-12H2,1-2H3,(H,23,27)(H3,21,22,24,25,26). The van der Waals surface area contributed by atoms with E-state index in [1.165, 1.54) is 11.8 Å². The van der Waals surface area contributed by atoms with E-state index in [0.29, 0.717) is 23.3 Å². The summed E-state index contributed by atoms with van der Waals surface area (Å²) in [7, 11) is 0. The first-order valence-corrected chi connectivity index (χ1v) is 9.92. The predicted molar refractivity (Wildman–Crippen MR) is 115 cm³/mol. The molecule has 28 heavy (non-hydrogen) atoms. The summed E-state index contributed by atoms with van der Waals surface area (Å²) in [4.78, 5) is 24.8. The van der Waals surface area contributed by atoms with E-state index in [0.717, 1.165) is 22.5 Å². The van der Waals surface area contributed by atoms with Crippen LogP contribution in [0.4, 0.5) is 23.3 Å². The van der Waals surface area contributed by atoms with E-state index in [4.69, 9.17) is 5.73 Å². The number of para-hydroxylation sites is 1. The van der Waals surface area contributed by atoms with E-state index in [1.807, 2.05) is 62.4 Å². The highest BCUT2D eigenvalue weighted by Gasteiger charge is 2.09. The molecule has 0 aliphatic carbocycles. The van der Waals surface area contributed by atoms with Gasteiger partial charge in [-0.15, -0.1) is 11.8 Å². The van der Waals surface area contributed by atoms with Crippen LogP contribution in [0.2, 0.25) is 0 Å². The molecule has 3 rings (SSSR count). The second-order valence-electron chi connectivity index (χ2n) is 6.28. The number of anilines is 4. The molecule has 0 fully saturated rings. The van der Waals surface area contributed by atoms with Crippen LogP contribution in [0.25, 0.3) is 0 Å². The van der Waals surface area contributed by atoms with Crippen molar-refractivity contribution in [2.75, 3.05) is 22.1 Å². The number of aryl methyl sites for hydroxylation is 2. The van der Waals surface area contributed by atoms with E-state index in [2.05, 4.69) is 25.6 Å². The van der Waals surface area contributed by atoms with Crippen molar-refractivity contribution in [3.8, 4) is 0 Å². The number of aromatic nitrogens is 3. The van der Waals surface area contributed by atoms with Gasteiger partial charge in [-0.25, -0.2) is 0 Å². The highest BCUT2D eigenvalue weighted by Crippen LogP contribution is 2.18. The number of hydrogen-bond donors (Lipinski definition) is 3. The van der Waals surface area contributed by atoms with Gasteiger partial charge < -0.3 is 16.4 Å². The second-order valence-corrected chi connectivity index (χ2v) is 7.27. The zero-order valence-corrected chi connectivity index (χ0v) is 16.6. The van der Waals surface area contributed by atoms with Crippen molar-refractivity contribution >= 4 is 40.9 Å². The van der Waals surface area contributed by atoms with E-state index in [-0.39, 0.29) is 11.9 Å². The van der Waals surface area contributed by atoms with Crippen LogP contribution in [0, 0.1) is 13.8 Å². The Bertz CT molecular complexity index is 964. The minimum Gasteiger partial charge on any atom is -0.368 e. The molecule has 144 valence electrons. The van der Waals surface area contributed by atoms with Gasteiger partial charge in [0.1, 0.15) is 5.82 Å². The van der Waals surface area contributed by atoms with Gasteiger partial charge in [0.25, 0.3) is 0 Å². The summed E-state index contributed by atoms with van der Waals surface area (Å²) in [5, 5.41) is 6.03. The summed E-state index contributed by atoms with van der Waals surface area (Å²) in [5.74, 6) is 1.73. The number of nitrogens with one attached hydrogen (secondary N) is 2.